The second-order valence-electron chi connectivity index (χ2n) is 5.26. The molecular formula is C17H18INO3. The highest BCUT2D eigenvalue weighted by Crippen LogP contribution is 2.22. The van der Waals surface area contributed by atoms with E-state index in [1.54, 1.807) is 20.8 Å². The minimum absolute atomic E-state index is 0.0449. The predicted molar refractivity (Wildman–Crippen MR) is 93.9 cm³/mol. The van der Waals surface area contributed by atoms with E-state index in [0.29, 0.717) is 22.6 Å². The van der Waals surface area contributed by atoms with Gasteiger partial charge in [-0.15, -0.1) is 0 Å². The van der Waals surface area contributed by atoms with Crippen molar-refractivity contribution in [2.45, 2.75) is 33.8 Å². The Balaban J connectivity index is 2.22. The van der Waals surface area contributed by atoms with Gasteiger partial charge in [0.1, 0.15) is 5.75 Å². The Hall–Kier alpha value is -1.63. The quantitative estimate of drug-likeness (QED) is 0.596. The molecule has 116 valence electrons. The number of hydrogen-bond acceptors (Lipinski definition) is 3. The highest BCUT2D eigenvalue weighted by molar-refractivity contribution is 14.1. The summed E-state index contributed by atoms with van der Waals surface area (Å²) in [5.74, 6) is 0.442. The van der Waals surface area contributed by atoms with Crippen molar-refractivity contribution in [3.63, 3.8) is 0 Å². The second-order valence-corrected chi connectivity index (χ2v) is 6.51. The molecule has 0 amide bonds. The van der Waals surface area contributed by atoms with Crippen LogP contribution in [-0.2, 0) is 0 Å². The normalized spacial score (nSPS) is 12.0. The molecule has 0 saturated heterocycles. The summed E-state index contributed by atoms with van der Waals surface area (Å²) in [5, 5.41) is 0. The average Bonchev–Trinajstić information content (AvgIpc) is 2.75. The van der Waals surface area contributed by atoms with Gasteiger partial charge in [0, 0.05) is 14.8 Å². The van der Waals surface area contributed by atoms with E-state index in [-0.39, 0.29) is 11.6 Å². The van der Waals surface area contributed by atoms with Crippen LogP contribution in [0, 0.1) is 17.4 Å². The molecule has 0 unspecified atom stereocenters. The summed E-state index contributed by atoms with van der Waals surface area (Å²) < 4.78 is 6.79. The first kappa shape index (κ1) is 16.7. The van der Waals surface area contributed by atoms with E-state index < -0.39 is 6.10 Å². The van der Waals surface area contributed by atoms with Crippen LogP contribution in [0.2, 0.25) is 0 Å². The third kappa shape index (κ3) is 3.40. The first-order chi connectivity index (χ1) is 10.3. The number of ether oxygens (including phenoxy) is 1. The summed E-state index contributed by atoms with van der Waals surface area (Å²) in [7, 11) is 0. The van der Waals surface area contributed by atoms with E-state index in [2.05, 4.69) is 27.6 Å². The maximum absolute atomic E-state index is 12.6. The third-order valence-electron chi connectivity index (χ3n) is 3.53. The maximum Gasteiger partial charge on any atom is 0.219 e. The molecule has 0 fully saturated rings. The Kier molecular flexibility index (Phi) is 5.05. The van der Waals surface area contributed by atoms with Gasteiger partial charge in [-0.2, -0.15) is 0 Å². The first-order valence-electron chi connectivity index (χ1n) is 6.97. The number of aromatic amines is 1. The SMILES string of the molecule is CC(=O)c1c(C)[nH]c(C(=O)[C@H](C)Oc2ccc(I)cc2)c1C. The number of carbonyl (C=O) groups excluding carboxylic acids is 2. The van der Waals surface area contributed by atoms with Crippen LogP contribution in [0.4, 0.5) is 0 Å². The molecule has 1 atom stereocenters. The van der Waals surface area contributed by atoms with Crippen LogP contribution >= 0.6 is 22.6 Å². The molecule has 0 aliphatic carbocycles. The summed E-state index contributed by atoms with van der Waals surface area (Å²) in [6.07, 6.45) is -0.628. The number of aromatic nitrogens is 1. The number of benzene rings is 1. The number of Topliss-reactive ketones (excluding diaryl/α,β-unsaturated/α-hetero) is 2. The lowest BCUT2D eigenvalue weighted by Gasteiger charge is -2.13. The Labute approximate surface area is 143 Å². The van der Waals surface area contributed by atoms with Crippen LogP contribution in [0.5, 0.6) is 5.75 Å². The van der Waals surface area contributed by atoms with Gasteiger partial charge in [-0.05, 0) is 80.1 Å². The number of ketones is 2. The van der Waals surface area contributed by atoms with Crippen LogP contribution in [0.3, 0.4) is 0 Å². The molecule has 2 rings (SSSR count). The molecule has 22 heavy (non-hydrogen) atoms. The molecule has 0 spiro atoms. The number of aryl methyl sites for hydroxylation is 1. The summed E-state index contributed by atoms with van der Waals surface area (Å²) in [5.41, 5.74) is 2.44. The van der Waals surface area contributed by atoms with Gasteiger partial charge in [0.25, 0.3) is 0 Å². The highest BCUT2D eigenvalue weighted by atomic mass is 127. The van der Waals surface area contributed by atoms with Gasteiger partial charge < -0.3 is 9.72 Å². The number of hydrogen-bond donors (Lipinski definition) is 1. The molecule has 0 radical (unpaired) electrons. The van der Waals surface area contributed by atoms with Crippen molar-refractivity contribution in [2.75, 3.05) is 0 Å². The van der Waals surface area contributed by atoms with E-state index in [0.717, 1.165) is 9.26 Å². The minimum atomic E-state index is -0.628. The van der Waals surface area contributed by atoms with Gasteiger partial charge in [-0.3, -0.25) is 9.59 Å². The van der Waals surface area contributed by atoms with Gasteiger partial charge in [0.05, 0.1) is 5.69 Å². The molecule has 0 saturated carbocycles. The van der Waals surface area contributed by atoms with Gasteiger partial charge in [0.2, 0.25) is 5.78 Å². The van der Waals surface area contributed by atoms with E-state index in [1.807, 2.05) is 24.3 Å². The van der Waals surface area contributed by atoms with Crippen LogP contribution in [0.1, 0.15) is 46.0 Å². The Morgan fingerprint density at radius 3 is 2.27 bits per heavy atom. The average molecular weight is 411 g/mol. The Morgan fingerprint density at radius 2 is 1.77 bits per heavy atom. The van der Waals surface area contributed by atoms with Crippen LogP contribution in [0.25, 0.3) is 0 Å². The Bertz CT molecular complexity index is 716. The van der Waals surface area contributed by atoms with Crippen molar-refractivity contribution in [1.82, 2.24) is 4.98 Å². The lowest BCUT2D eigenvalue weighted by atomic mass is 10.0. The number of nitrogens with one attached hydrogen (secondary N) is 1. The van der Waals surface area contributed by atoms with Crippen molar-refractivity contribution in [2.24, 2.45) is 0 Å². The Morgan fingerprint density at radius 1 is 1.18 bits per heavy atom. The van der Waals surface area contributed by atoms with E-state index in [4.69, 9.17) is 4.74 Å². The molecule has 0 aliphatic heterocycles. The van der Waals surface area contributed by atoms with Gasteiger partial charge >= 0.3 is 0 Å². The third-order valence-corrected chi connectivity index (χ3v) is 4.25. The molecule has 1 aromatic carbocycles. The number of carbonyl (C=O) groups is 2. The van der Waals surface area contributed by atoms with Crippen LogP contribution in [-0.4, -0.2) is 22.7 Å². The first-order valence-corrected chi connectivity index (χ1v) is 8.05. The summed E-state index contributed by atoms with van der Waals surface area (Å²) in [6, 6.07) is 7.51. The fraction of sp³-hybridized carbons (Fsp3) is 0.294. The van der Waals surface area contributed by atoms with Crippen molar-refractivity contribution in [3.05, 3.63) is 50.4 Å². The molecule has 0 aliphatic rings. The zero-order valence-corrected chi connectivity index (χ0v) is 15.1. The predicted octanol–water partition coefficient (Wildman–Crippen LogP) is 4.09. The molecule has 0 bridgehead atoms. The van der Waals surface area contributed by atoms with Crippen molar-refractivity contribution >= 4 is 34.2 Å². The fourth-order valence-corrected chi connectivity index (χ4v) is 2.86. The lowest BCUT2D eigenvalue weighted by molar-refractivity contribution is 0.0812. The molecular weight excluding hydrogens is 393 g/mol. The zero-order chi connectivity index (χ0) is 16.4. The van der Waals surface area contributed by atoms with E-state index >= 15 is 0 Å². The smallest absolute Gasteiger partial charge is 0.219 e. The van der Waals surface area contributed by atoms with E-state index in [1.165, 1.54) is 6.92 Å². The molecule has 1 aromatic heterocycles. The van der Waals surface area contributed by atoms with Crippen LogP contribution < -0.4 is 4.74 Å². The van der Waals surface area contributed by atoms with Crippen LogP contribution in [0.15, 0.2) is 24.3 Å². The van der Waals surface area contributed by atoms with Crippen molar-refractivity contribution in [3.8, 4) is 5.75 Å². The van der Waals surface area contributed by atoms with E-state index in [9.17, 15) is 9.59 Å². The number of halogens is 1. The van der Waals surface area contributed by atoms with Crippen molar-refractivity contribution in [1.29, 1.82) is 0 Å². The minimum Gasteiger partial charge on any atom is -0.483 e. The second kappa shape index (κ2) is 6.64. The maximum atomic E-state index is 12.6. The molecule has 5 heteroatoms. The highest BCUT2D eigenvalue weighted by Gasteiger charge is 2.24. The van der Waals surface area contributed by atoms with Gasteiger partial charge in [-0.1, -0.05) is 0 Å². The molecule has 1 N–H and O–H groups in total. The van der Waals surface area contributed by atoms with Gasteiger partial charge in [-0.25, -0.2) is 0 Å². The molecule has 2 aromatic rings. The lowest BCUT2D eigenvalue weighted by Crippen LogP contribution is -2.25. The zero-order valence-electron chi connectivity index (χ0n) is 13.0. The summed E-state index contributed by atoms with van der Waals surface area (Å²) in [6.45, 7) is 6.79. The molecule has 4 nitrogen and oxygen atoms in total. The summed E-state index contributed by atoms with van der Waals surface area (Å²) in [4.78, 5) is 27.2. The molecule has 1 heterocycles. The monoisotopic (exact) mass is 411 g/mol. The standard InChI is InChI=1S/C17H18INO3/c1-9-15(11(3)20)10(2)19-16(9)17(21)12(4)22-14-7-5-13(18)6-8-14/h5-8,12,19H,1-4H3/t12-/m0/s1. The number of rotatable bonds is 5. The topological polar surface area (TPSA) is 59.2 Å². The summed E-state index contributed by atoms with van der Waals surface area (Å²) >= 11 is 2.21. The largest absolute Gasteiger partial charge is 0.483 e. The van der Waals surface area contributed by atoms with Crippen molar-refractivity contribution < 1.29 is 14.3 Å². The van der Waals surface area contributed by atoms with Gasteiger partial charge in [0.15, 0.2) is 11.9 Å². The fourth-order valence-electron chi connectivity index (χ4n) is 2.50. The number of H-pyrrole nitrogens is 1.